The minimum absolute atomic E-state index is 0.00750. The molecule has 0 amide bonds. The van der Waals surface area contributed by atoms with Crippen LogP contribution in [0.2, 0.25) is 10.0 Å². The Kier molecular flexibility index (Phi) is 6.83. The summed E-state index contributed by atoms with van der Waals surface area (Å²) >= 11 is 12.6. The number of nitrogens with zero attached hydrogens (tertiary/aromatic N) is 1. The molecule has 0 aromatic heterocycles. The number of hydrogen-bond acceptors (Lipinski definition) is 6. The Morgan fingerprint density at radius 2 is 1.94 bits per heavy atom. The molecule has 1 heterocycles. The van der Waals surface area contributed by atoms with E-state index in [1.807, 2.05) is 19.1 Å². The zero-order chi connectivity index (χ0) is 23.5. The maximum absolute atomic E-state index is 12.8. The minimum Gasteiger partial charge on any atom is -0.490 e. The van der Waals surface area contributed by atoms with Crippen LogP contribution in [-0.4, -0.2) is 12.4 Å². The zero-order valence-electron chi connectivity index (χ0n) is 18.0. The van der Waals surface area contributed by atoms with Crippen LogP contribution in [0.5, 0.6) is 11.5 Å². The van der Waals surface area contributed by atoms with Crippen LogP contribution in [0.4, 0.5) is 0 Å². The second-order valence-corrected chi connectivity index (χ2v) is 8.56. The third-order valence-electron chi connectivity index (χ3n) is 5.57. The fourth-order valence-corrected chi connectivity index (χ4v) is 4.48. The van der Waals surface area contributed by atoms with Crippen LogP contribution in [0, 0.1) is 11.3 Å². The van der Waals surface area contributed by atoms with Crippen molar-refractivity contribution in [3.8, 4) is 17.6 Å². The molecule has 6 nitrogen and oxygen atoms in total. The number of ether oxygens (including phenoxy) is 3. The average molecular weight is 485 g/mol. The first-order valence-electron chi connectivity index (χ1n) is 10.6. The van der Waals surface area contributed by atoms with Crippen LogP contribution in [0.25, 0.3) is 0 Å². The van der Waals surface area contributed by atoms with E-state index in [0.29, 0.717) is 64.3 Å². The molecule has 2 aliphatic rings. The number of rotatable bonds is 6. The minimum atomic E-state index is -0.673. The molecular weight excluding hydrogens is 463 g/mol. The number of halogens is 2. The fourth-order valence-electron chi connectivity index (χ4n) is 4.08. The first-order chi connectivity index (χ1) is 15.9. The lowest BCUT2D eigenvalue weighted by Gasteiger charge is -2.31. The second-order valence-electron chi connectivity index (χ2n) is 7.72. The Labute approximate surface area is 202 Å². The molecule has 0 saturated carbocycles. The number of ketones is 1. The Balaban J connectivity index is 1.75. The third-order valence-corrected chi connectivity index (χ3v) is 6.10. The van der Waals surface area contributed by atoms with Crippen LogP contribution in [0.1, 0.15) is 43.2 Å². The number of hydrogen-bond donors (Lipinski definition) is 1. The fraction of sp³-hybridized carbons (Fsp3) is 0.280. The van der Waals surface area contributed by atoms with Crippen molar-refractivity contribution in [1.29, 1.82) is 5.26 Å². The summed E-state index contributed by atoms with van der Waals surface area (Å²) in [6, 6.07) is 12.8. The van der Waals surface area contributed by atoms with Crippen LogP contribution in [-0.2, 0) is 16.1 Å². The van der Waals surface area contributed by atoms with E-state index >= 15 is 0 Å². The van der Waals surface area contributed by atoms with Crippen molar-refractivity contribution in [2.45, 2.75) is 38.7 Å². The molecule has 0 bridgehead atoms. The Bertz CT molecular complexity index is 1200. The summed E-state index contributed by atoms with van der Waals surface area (Å²) in [4.78, 5) is 12.8. The quantitative estimate of drug-likeness (QED) is 0.557. The first kappa shape index (κ1) is 23.0. The lowest BCUT2D eigenvalue weighted by atomic mass is 9.77. The van der Waals surface area contributed by atoms with Gasteiger partial charge >= 0.3 is 0 Å². The predicted octanol–water partition coefficient (Wildman–Crippen LogP) is 5.79. The van der Waals surface area contributed by atoms with Crippen molar-refractivity contribution in [3.63, 3.8) is 0 Å². The number of Topliss-reactive ketones (excluding diaryl/α,β-unsaturated/α-hetero) is 1. The van der Waals surface area contributed by atoms with Gasteiger partial charge in [-0.15, -0.1) is 0 Å². The van der Waals surface area contributed by atoms with Gasteiger partial charge in [-0.3, -0.25) is 4.79 Å². The highest BCUT2D eigenvalue weighted by Gasteiger charge is 2.38. The smallest absolute Gasteiger partial charge is 0.205 e. The van der Waals surface area contributed by atoms with Crippen molar-refractivity contribution in [2.75, 3.05) is 6.61 Å². The van der Waals surface area contributed by atoms with Crippen LogP contribution in [0.3, 0.4) is 0 Å². The van der Waals surface area contributed by atoms with E-state index < -0.39 is 5.92 Å². The molecule has 33 heavy (non-hydrogen) atoms. The van der Waals surface area contributed by atoms with Gasteiger partial charge in [0.05, 0.1) is 17.5 Å². The van der Waals surface area contributed by atoms with E-state index in [4.69, 9.17) is 43.1 Å². The van der Waals surface area contributed by atoms with Gasteiger partial charge in [-0.25, -0.2) is 0 Å². The lowest BCUT2D eigenvalue weighted by molar-refractivity contribution is -0.116. The van der Waals surface area contributed by atoms with Crippen molar-refractivity contribution in [1.82, 2.24) is 0 Å². The number of carbonyl (C=O) groups excluding carboxylic acids is 1. The van der Waals surface area contributed by atoms with Gasteiger partial charge in [0, 0.05) is 23.4 Å². The van der Waals surface area contributed by atoms with E-state index in [9.17, 15) is 10.1 Å². The van der Waals surface area contributed by atoms with Crippen LogP contribution >= 0.6 is 23.2 Å². The number of benzene rings is 2. The zero-order valence-corrected chi connectivity index (χ0v) is 19.5. The van der Waals surface area contributed by atoms with Crippen molar-refractivity contribution < 1.29 is 19.0 Å². The monoisotopic (exact) mass is 484 g/mol. The highest BCUT2D eigenvalue weighted by atomic mass is 35.5. The summed E-state index contributed by atoms with van der Waals surface area (Å²) in [5.41, 5.74) is 8.22. The molecule has 0 fully saturated rings. The molecule has 0 radical (unpaired) electrons. The van der Waals surface area contributed by atoms with Crippen LogP contribution in [0.15, 0.2) is 59.2 Å². The van der Waals surface area contributed by atoms with Gasteiger partial charge in [0.1, 0.15) is 24.0 Å². The van der Waals surface area contributed by atoms with Crippen molar-refractivity contribution >= 4 is 29.0 Å². The predicted molar refractivity (Wildman–Crippen MR) is 125 cm³/mol. The number of nitrogens with two attached hydrogens (primary N) is 1. The molecule has 1 atom stereocenters. The van der Waals surface area contributed by atoms with Gasteiger partial charge < -0.3 is 19.9 Å². The second kappa shape index (κ2) is 9.78. The van der Waals surface area contributed by atoms with E-state index in [1.165, 1.54) is 0 Å². The highest BCUT2D eigenvalue weighted by molar-refractivity contribution is 6.32. The Morgan fingerprint density at radius 1 is 1.18 bits per heavy atom. The average Bonchev–Trinajstić information content (AvgIpc) is 2.79. The number of nitriles is 1. The molecule has 8 heteroatoms. The molecular formula is C25H22Cl2N2O4. The van der Waals surface area contributed by atoms with Gasteiger partial charge in [-0.05, 0) is 48.7 Å². The van der Waals surface area contributed by atoms with E-state index in [-0.39, 0.29) is 23.8 Å². The summed E-state index contributed by atoms with van der Waals surface area (Å²) in [5.74, 6) is 0.593. The molecule has 1 aliphatic heterocycles. The van der Waals surface area contributed by atoms with Crippen molar-refractivity contribution in [3.05, 3.63) is 80.4 Å². The molecule has 1 aliphatic carbocycles. The molecule has 2 aromatic rings. The molecule has 170 valence electrons. The summed E-state index contributed by atoms with van der Waals surface area (Å²) < 4.78 is 17.4. The van der Waals surface area contributed by atoms with E-state index in [1.54, 1.807) is 24.3 Å². The Hall–Kier alpha value is -3.14. The number of allylic oxidation sites excluding steroid dienone is 3. The normalized spacial score (nSPS) is 17.9. The summed E-state index contributed by atoms with van der Waals surface area (Å²) in [5, 5.41) is 10.7. The summed E-state index contributed by atoms with van der Waals surface area (Å²) in [6.45, 7) is 2.49. The van der Waals surface area contributed by atoms with Gasteiger partial charge in [-0.2, -0.15) is 5.26 Å². The van der Waals surface area contributed by atoms with Crippen molar-refractivity contribution in [2.24, 2.45) is 5.73 Å². The summed E-state index contributed by atoms with van der Waals surface area (Å²) in [7, 11) is 0. The first-order valence-corrected chi connectivity index (χ1v) is 11.4. The lowest BCUT2D eigenvalue weighted by Crippen LogP contribution is -2.27. The number of carbonyl (C=O) groups is 1. The molecule has 0 saturated heterocycles. The molecule has 2 N–H and O–H groups in total. The highest BCUT2D eigenvalue weighted by Crippen LogP contribution is 2.47. The topological polar surface area (TPSA) is 94.6 Å². The van der Waals surface area contributed by atoms with Gasteiger partial charge in [0.2, 0.25) is 5.88 Å². The Morgan fingerprint density at radius 3 is 2.64 bits per heavy atom. The van der Waals surface area contributed by atoms with E-state index in [0.717, 1.165) is 5.56 Å². The summed E-state index contributed by atoms with van der Waals surface area (Å²) in [6.07, 6.45) is 1.67. The molecule has 0 spiro atoms. The SMILES string of the molecule is CCOc1cc([C@H]2C(C#N)=C(N)OC3=C2C(=O)CCC3)cc(Cl)c1OCc1ccc(Cl)cc1. The standard InChI is InChI=1S/C25H22Cl2N2O4/c1-2-31-21-11-15(10-18(27)24(21)32-13-14-6-8-16(26)9-7-14)22-17(12-28)25(29)33-20-5-3-4-19(30)23(20)22/h6-11,22H,2-5,13,29H2,1H3/t22-/m0/s1. The maximum atomic E-state index is 12.8. The van der Waals surface area contributed by atoms with Gasteiger partial charge in [-0.1, -0.05) is 35.3 Å². The molecule has 0 unspecified atom stereocenters. The largest absolute Gasteiger partial charge is 0.490 e. The molecule has 4 rings (SSSR count). The third kappa shape index (κ3) is 4.66. The molecule has 2 aromatic carbocycles. The van der Waals surface area contributed by atoms with Gasteiger partial charge in [0.25, 0.3) is 0 Å². The maximum Gasteiger partial charge on any atom is 0.205 e. The van der Waals surface area contributed by atoms with Crippen LogP contribution < -0.4 is 15.2 Å². The van der Waals surface area contributed by atoms with Gasteiger partial charge in [0.15, 0.2) is 17.3 Å². The van der Waals surface area contributed by atoms with E-state index in [2.05, 4.69) is 6.07 Å².